The molecule has 100 valence electrons. The second-order valence-corrected chi connectivity index (χ2v) is 5.83. The zero-order valence-electron chi connectivity index (χ0n) is 11.5. The van der Waals surface area contributed by atoms with E-state index in [1.165, 1.54) is 10.7 Å². The van der Waals surface area contributed by atoms with Gasteiger partial charge in [-0.2, -0.15) is 5.10 Å². The van der Waals surface area contributed by atoms with Crippen molar-refractivity contribution < 1.29 is 13.7 Å². The second kappa shape index (κ2) is 3.80. The molecule has 1 aromatic heterocycles. The number of fused-ring (bicyclic) bond motifs is 1. The lowest BCUT2D eigenvalue weighted by molar-refractivity contribution is 0.00578. The Morgan fingerprint density at radius 1 is 1.16 bits per heavy atom. The highest BCUT2D eigenvalue weighted by atomic mass is 19.1. The first-order chi connectivity index (χ1) is 8.82. The molecule has 0 bridgehead atoms. The molecule has 0 saturated carbocycles. The van der Waals surface area contributed by atoms with Gasteiger partial charge in [-0.05, 0) is 33.8 Å². The molecule has 0 N–H and O–H groups in total. The molecule has 0 spiro atoms. The fourth-order valence-corrected chi connectivity index (χ4v) is 2.13. The first kappa shape index (κ1) is 12.6. The maximum absolute atomic E-state index is 13.9. The molecule has 2 aromatic rings. The van der Waals surface area contributed by atoms with Gasteiger partial charge in [-0.3, -0.25) is 0 Å². The van der Waals surface area contributed by atoms with Gasteiger partial charge in [0.25, 0.3) is 0 Å². The lowest BCUT2D eigenvalue weighted by atomic mass is 9.90. The third kappa shape index (κ3) is 1.78. The van der Waals surface area contributed by atoms with Gasteiger partial charge in [-0.25, -0.2) is 8.98 Å². The summed E-state index contributed by atoms with van der Waals surface area (Å²) in [5.41, 5.74) is -0.538. The van der Waals surface area contributed by atoms with E-state index in [1.54, 1.807) is 12.3 Å². The van der Waals surface area contributed by atoms with Crippen LogP contribution in [-0.4, -0.2) is 28.1 Å². The third-order valence-corrected chi connectivity index (χ3v) is 4.01. The van der Waals surface area contributed by atoms with Gasteiger partial charge >= 0.3 is 7.25 Å². The predicted octanol–water partition coefficient (Wildman–Crippen LogP) is 2.61. The van der Waals surface area contributed by atoms with E-state index in [0.717, 1.165) is 5.39 Å². The van der Waals surface area contributed by atoms with Gasteiger partial charge in [0.15, 0.2) is 0 Å². The van der Waals surface area contributed by atoms with Crippen molar-refractivity contribution in [1.29, 1.82) is 0 Å². The number of para-hydroxylation sites is 1. The molecule has 1 aliphatic heterocycles. The summed E-state index contributed by atoms with van der Waals surface area (Å²) in [7, 11) is -0.709. The fourth-order valence-electron chi connectivity index (χ4n) is 2.13. The molecule has 0 aliphatic carbocycles. The molecular weight excluding hydrogens is 246 g/mol. The van der Waals surface area contributed by atoms with E-state index in [-0.39, 0.29) is 5.82 Å². The van der Waals surface area contributed by atoms with Crippen molar-refractivity contribution >= 4 is 18.2 Å². The van der Waals surface area contributed by atoms with Crippen LogP contribution in [0.4, 0.5) is 4.39 Å². The minimum atomic E-state index is -0.709. The molecule has 0 radical (unpaired) electrons. The van der Waals surface area contributed by atoms with Crippen molar-refractivity contribution in [2.24, 2.45) is 0 Å². The molecular formula is C13H16BFN2O2. The molecule has 6 heteroatoms. The molecule has 1 saturated heterocycles. The van der Waals surface area contributed by atoms with Gasteiger partial charge in [0, 0.05) is 5.39 Å². The van der Waals surface area contributed by atoms with Gasteiger partial charge in [0.1, 0.15) is 5.82 Å². The summed E-state index contributed by atoms with van der Waals surface area (Å²) >= 11 is 0. The van der Waals surface area contributed by atoms with E-state index in [0.29, 0.717) is 5.52 Å². The summed E-state index contributed by atoms with van der Waals surface area (Å²) in [4.78, 5) is 0. The van der Waals surface area contributed by atoms with Crippen LogP contribution in [0.1, 0.15) is 27.7 Å². The zero-order valence-corrected chi connectivity index (χ0v) is 11.5. The van der Waals surface area contributed by atoms with Crippen LogP contribution in [0.5, 0.6) is 0 Å². The van der Waals surface area contributed by atoms with E-state index in [1.807, 2.05) is 33.8 Å². The van der Waals surface area contributed by atoms with E-state index >= 15 is 0 Å². The first-order valence-electron chi connectivity index (χ1n) is 6.29. The minimum Gasteiger partial charge on any atom is -0.383 e. The van der Waals surface area contributed by atoms with Crippen molar-refractivity contribution in [2.45, 2.75) is 38.9 Å². The highest BCUT2D eigenvalue weighted by molar-refractivity contribution is 6.44. The number of hydrogen-bond acceptors (Lipinski definition) is 3. The Balaban J connectivity index is 2.08. The number of benzene rings is 1. The number of halogens is 1. The van der Waals surface area contributed by atoms with Gasteiger partial charge in [0.2, 0.25) is 0 Å². The zero-order chi connectivity index (χ0) is 13.8. The molecule has 0 unspecified atom stereocenters. The van der Waals surface area contributed by atoms with Crippen molar-refractivity contribution in [1.82, 2.24) is 9.69 Å². The standard InChI is InChI=1S/C13H16BFN2O2/c1-12(2)13(3,4)19-14(18-12)17-11-9(8-16-17)6-5-7-10(11)15/h5-8H,1-4H3. The number of rotatable bonds is 1. The summed E-state index contributed by atoms with van der Waals surface area (Å²) in [6.45, 7) is 7.81. The van der Waals surface area contributed by atoms with Crippen molar-refractivity contribution in [2.75, 3.05) is 0 Å². The Morgan fingerprint density at radius 2 is 1.79 bits per heavy atom. The fraction of sp³-hybridized carbons (Fsp3) is 0.462. The Morgan fingerprint density at radius 3 is 2.42 bits per heavy atom. The molecule has 19 heavy (non-hydrogen) atoms. The van der Waals surface area contributed by atoms with Gasteiger partial charge in [-0.1, -0.05) is 12.1 Å². The average molecular weight is 262 g/mol. The largest absolute Gasteiger partial charge is 0.616 e. The van der Waals surface area contributed by atoms with Crippen molar-refractivity contribution in [3.63, 3.8) is 0 Å². The van der Waals surface area contributed by atoms with Crippen LogP contribution in [0.2, 0.25) is 0 Å². The Kier molecular flexibility index (Phi) is 2.53. The molecule has 1 aliphatic rings. The Labute approximate surface area is 111 Å². The summed E-state index contributed by atoms with van der Waals surface area (Å²) in [5, 5.41) is 4.93. The van der Waals surface area contributed by atoms with E-state index in [4.69, 9.17) is 9.31 Å². The SMILES string of the molecule is CC1(C)OB(n2ncc3cccc(F)c32)OC1(C)C. The lowest BCUT2D eigenvalue weighted by Gasteiger charge is -2.32. The molecule has 2 heterocycles. The second-order valence-electron chi connectivity index (χ2n) is 5.83. The van der Waals surface area contributed by atoms with Gasteiger partial charge in [-0.15, -0.1) is 0 Å². The number of nitrogens with zero attached hydrogens (tertiary/aromatic N) is 2. The van der Waals surface area contributed by atoms with Gasteiger partial charge in [0.05, 0.1) is 22.9 Å². The maximum Gasteiger partial charge on any atom is 0.616 e. The molecule has 0 atom stereocenters. The minimum absolute atomic E-state index is 0.329. The van der Waals surface area contributed by atoms with Crippen LogP contribution in [-0.2, 0) is 9.31 Å². The number of aromatic nitrogens is 2. The summed E-state index contributed by atoms with van der Waals surface area (Å²) in [6, 6.07) is 4.88. The third-order valence-electron chi connectivity index (χ3n) is 4.01. The summed E-state index contributed by atoms with van der Waals surface area (Å²) < 4.78 is 27.2. The highest BCUT2D eigenvalue weighted by Gasteiger charge is 2.53. The highest BCUT2D eigenvalue weighted by Crippen LogP contribution is 2.37. The van der Waals surface area contributed by atoms with E-state index in [9.17, 15) is 4.39 Å². The monoisotopic (exact) mass is 262 g/mol. The van der Waals surface area contributed by atoms with Crippen LogP contribution in [0.25, 0.3) is 10.9 Å². The molecule has 3 rings (SSSR count). The molecule has 0 amide bonds. The smallest absolute Gasteiger partial charge is 0.383 e. The molecule has 4 nitrogen and oxygen atoms in total. The molecule has 1 aromatic carbocycles. The summed E-state index contributed by atoms with van der Waals surface area (Å²) in [6.07, 6.45) is 1.61. The lowest BCUT2D eigenvalue weighted by Crippen LogP contribution is -2.41. The Hall–Kier alpha value is -1.40. The van der Waals surface area contributed by atoms with E-state index < -0.39 is 18.5 Å². The summed E-state index contributed by atoms with van der Waals surface area (Å²) in [5.74, 6) is -0.329. The normalized spacial score (nSPS) is 21.2. The topological polar surface area (TPSA) is 36.3 Å². The van der Waals surface area contributed by atoms with Crippen LogP contribution in [0.15, 0.2) is 24.4 Å². The quantitative estimate of drug-likeness (QED) is 0.741. The number of hydrogen-bond donors (Lipinski definition) is 0. The van der Waals surface area contributed by atoms with Crippen LogP contribution >= 0.6 is 0 Å². The van der Waals surface area contributed by atoms with Crippen molar-refractivity contribution in [3.8, 4) is 0 Å². The molecule has 1 fully saturated rings. The van der Waals surface area contributed by atoms with Crippen LogP contribution < -0.4 is 0 Å². The first-order valence-corrected chi connectivity index (χ1v) is 6.29. The predicted molar refractivity (Wildman–Crippen MR) is 71.2 cm³/mol. The maximum atomic E-state index is 13.9. The average Bonchev–Trinajstić information content (AvgIpc) is 2.80. The van der Waals surface area contributed by atoms with Gasteiger partial charge < -0.3 is 9.31 Å². The Bertz CT molecular complexity index is 623. The van der Waals surface area contributed by atoms with E-state index in [2.05, 4.69) is 5.10 Å². The van der Waals surface area contributed by atoms with Crippen LogP contribution in [0.3, 0.4) is 0 Å². The van der Waals surface area contributed by atoms with Crippen molar-refractivity contribution in [3.05, 3.63) is 30.2 Å². The van der Waals surface area contributed by atoms with Crippen LogP contribution in [0, 0.1) is 5.82 Å².